The van der Waals surface area contributed by atoms with Gasteiger partial charge in [0.05, 0.1) is 19.2 Å². The van der Waals surface area contributed by atoms with Crippen LogP contribution in [0.1, 0.15) is 35.0 Å². The summed E-state index contributed by atoms with van der Waals surface area (Å²) in [7, 11) is 1.60. The molecule has 7 heteroatoms. The van der Waals surface area contributed by atoms with Crippen LogP contribution in [0, 0.1) is 10.1 Å². The molecule has 1 amide bonds. The summed E-state index contributed by atoms with van der Waals surface area (Å²) in [5, 5.41) is 10.7. The Balaban J connectivity index is 1.82. The highest BCUT2D eigenvalue weighted by molar-refractivity contribution is 5.92. The summed E-state index contributed by atoms with van der Waals surface area (Å²) >= 11 is 0. The Morgan fingerprint density at radius 3 is 2.65 bits per heavy atom. The van der Waals surface area contributed by atoms with Crippen molar-refractivity contribution >= 4 is 11.8 Å². The van der Waals surface area contributed by atoms with E-state index in [1.165, 1.54) is 12.1 Å². The number of rotatable bonds is 4. The number of methoxy groups -OCH3 is 1. The number of ether oxygens (including phenoxy) is 1. The molecule has 1 fully saturated rings. The first kappa shape index (κ1) is 15.1. The lowest BCUT2D eigenvalue weighted by atomic mass is 10.0. The van der Waals surface area contributed by atoms with E-state index in [9.17, 15) is 14.9 Å². The molecule has 120 valence electrons. The van der Waals surface area contributed by atoms with Crippen molar-refractivity contribution in [1.82, 2.24) is 4.90 Å². The Morgan fingerprint density at radius 2 is 2.04 bits per heavy atom. The van der Waals surface area contributed by atoms with Crippen LogP contribution >= 0.6 is 0 Å². The third-order valence-electron chi connectivity index (χ3n) is 4.00. The van der Waals surface area contributed by atoms with Gasteiger partial charge in [-0.2, -0.15) is 0 Å². The van der Waals surface area contributed by atoms with Crippen LogP contribution in [-0.2, 0) is 0 Å². The van der Waals surface area contributed by atoms with Gasteiger partial charge in [-0.1, -0.05) is 12.1 Å². The molecule has 0 bridgehead atoms. The number of hydrogen-bond acceptors (Lipinski definition) is 5. The summed E-state index contributed by atoms with van der Waals surface area (Å²) in [6.45, 7) is 0.601. The maximum atomic E-state index is 12.6. The molecule has 1 aromatic carbocycles. The van der Waals surface area contributed by atoms with Crippen LogP contribution in [0.15, 0.2) is 40.8 Å². The van der Waals surface area contributed by atoms with Crippen LogP contribution in [0.5, 0.6) is 5.75 Å². The van der Waals surface area contributed by atoms with Crippen LogP contribution in [0.25, 0.3) is 0 Å². The van der Waals surface area contributed by atoms with Gasteiger partial charge in [-0.05, 0) is 36.6 Å². The van der Waals surface area contributed by atoms with Gasteiger partial charge >= 0.3 is 5.88 Å². The van der Waals surface area contributed by atoms with E-state index in [0.717, 1.165) is 24.2 Å². The molecule has 7 nitrogen and oxygen atoms in total. The van der Waals surface area contributed by atoms with Gasteiger partial charge in [0, 0.05) is 6.54 Å². The molecule has 2 aromatic rings. The molecule has 1 atom stereocenters. The van der Waals surface area contributed by atoms with Gasteiger partial charge < -0.3 is 14.1 Å². The number of hydrogen-bond donors (Lipinski definition) is 0. The van der Waals surface area contributed by atoms with Crippen LogP contribution < -0.4 is 4.74 Å². The van der Waals surface area contributed by atoms with E-state index in [1.54, 1.807) is 12.0 Å². The molecular weight excluding hydrogens is 300 g/mol. The van der Waals surface area contributed by atoms with Crippen molar-refractivity contribution in [2.45, 2.75) is 18.9 Å². The van der Waals surface area contributed by atoms with Crippen LogP contribution in [0.2, 0.25) is 0 Å². The van der Waals surface area contributed by atoms with E-state index in [-0.39, 0.29) is 17.7 Å². The molecule has 3 rings (SSSR count). The maximum Gasteiger partial charge on any atom is 0.433 e. The average molecular weight is 316 g/mol. The predicted molar refractivity (Wildman–Crippen MR) is 81.4 cm³/mol. The fourth-order valence-corrected chi connectivity index (χ4v) is 2.86. The first-order chi connectivity index (χ1) is 11.1. The molecule has 0 saturated carbocycles. The summed E-state index contributed by atoms with van der Waals surface area (Å²) < 4.78 is 10.2. The zero-order chi connectivity index (χ0) is 16.4. The normalized spacial score (nSPS) is 17.3. The zero-order valence-corrected chi connectivity index (χ0v) is 12.6. The second kappa shape index (κ2) is 6.12. The molecule has 0 spiro atoms. The van der Waals surface area contributed by atoms with Gasteiger partial charge in [0.1, 0.15) is 10.7 Å². The quantitative estimate of drug-likeness (QED) is 0.639. The molecule has 0 radical (unpaired) electrons. The Morgan fingerprint density at radius 1 is 1.30 bits per heavy atom. The molecule has 1 saturated heterocycles. The molecule has 0 N–H and O–H groups in total. The summed E-state index contributed by atoms with van der Waals surface area (Å²) in [6.07, 6.45) is 1.73. The summed E-state index contributed by atoms with van der Waals surface area (Å²) in [5.41, 5.74) is 1.01. The molecule has 2 heterocycles. The highest BCUT2D eigenvalue weighted by Gasteiger charge is 2.32. The third kappa shape index (κ3) is 2.90. The number of furan rings is 1. The average Bonchev–Trinajstić information content (AvgIpc) is 3.23. The lowest BCUT2D eigenvalue weighted by Crippen LogP contribution is -2.30. The Bertz CT molecular complexity index is 722. The highest BCUT2D eigenvalue weighted by atomic mass is 16.6. The Labute approximate surface area is 132 Å². The smallest absolute Gasteiger partial charge is 0.433 e. The standard InChI is InChI=1S/C16H16N2O5/c1-22-12-6-4-11(5-7-12)13-3-2-10-17(13)16(19)14-8-9-15(23-14)18(20)21/h4-9,13H,2-3,10H2,1H3. The van der Waals surface area contributed by atoms with Crippen molar-refractivity contribution < 1.29 is 18.9 Å². The Hall–Kier alpha value is -2.83. The fourth-order valence-electron chi connectivity index (χ4n) is 2.86. The van der Waals surface area contributed by atoms with Gasteiger partial charge in [0.15, 0.2) is 5.76 Å². The summed E-state index contributed by atoms with van der Waals surface area (Å²) in [4.78, 5) is 24.3. The van der Waals surface area contributed by atoms with Gasteiger partial charge in [-0.25, -0.2) is 0 Å². The molecule has 23 heavy (non-hydrogen) atoms. The second-order valence-corrected chi connectivity index (χ2v) is 5.32. The third-order valence-corrected chi connectivity index (χ3v) is 4.00. The highest BCUT2D eigenvalue weighted by Crippen LogP contribution is 2.34. The topological polar surface area (TPSA) is 85.8 Å². The lowest BCUT2D eigenvalue weighted by Gasteiger charge is -2.24. The first-order valence-electron chi connectivity index (χ1n) is 7.29. The molecular formula is C16H16N2O5. The van der Waals surface area contributed by atoms with Gasteiger partial charge in [-0.15, -0.1) is 0 Å². The number of carbonyl (C=O) groups excluding carboxylic acids is 1. The molecule has 1 unspecified atom stereocenters. The minimum Gasteiger partial charge on any atom is -0.497 e. The minimum atomic E-state index is -0.651. The predicted octanol–water partition coefficient (Wildman–Crippen LogP) is 3.17. The van der Waals surface area contributed by atoms with Gasteiger partial charge in [0.2, 0.25) is 0 Å². The molecule has 1 aromatic heterocycles. The number of amides is 1. The largest absolute Gasteiger partial charge is 0.497 e. The van der Waals surface area contributed by atoms with Crippen molar-refractivity contribution in [3.63, 3.8) is 0 Å². The number of benzene rings is 1. The van der Waals surface area contributed by atoms with E-state index >= 15 is 0 Å². The van der Waals surface area contributed by atoms with Crippen molar-refractivity contribution in [3.05, 3.63) is 57.8 Å². The monoisotopic (exact) mass is 316 g/mol. The van der Waals surface area contributed by atoms with Crippen molar-refractivity contribution in [1.29, 1.82) is 0 Å². The van der Waals surface area contributed by atoms with Crippen LogP contribution in [-0.4, -0.2) is 29.4 Å². The molecule has 1 aliphatic rings. The van der Waals surface area contributed by atoms with E-state index in [0.29, 0.717) is 6.54 Å². The second-order valence-electron chi connectivity index (χ2n) is 5.32. The van der Waals surface area contributed by atoms with E-state index in [4.69, 9.17) is 9.15 Å². The van der Waals surface area contributed by atoms with Crippen molar-refractivity contribution in [2.24, 2.45) is 0 Å². The van der Waals surface area contributed by atoms with Crippen LogP contribution in [0.4, 0.5) is 5.88 Å². The maximum absolute atomic E-state index is 12.6. The van der Waals surface area contributed by atoms with Crippen molar-refractivity contribution in [3.8, 4) is 5.75 Å². The van der Waals surface area contributed by atoms with E-state index < -0.39 is 10.8 Å². The van der Waals surface area contributed by atoms with Crippen LogP contribution in [0.3, 0.4) is 0 Å². The number of nitro groups is 1. The molecule has 1 aliphatic heterocycles. The van der Waals surface area contributed by atoms with Gasteiger partial charge in [0.25, 0.3) is 5.91 Å². The number of likely N-dealkylation sites (tertiary alicyclic amines) is 1. The van der Waals surface area contributed by atoms with Gasteiger partial charge in [-0.3, -0.25) is 14.9 Å². The summed E-state index contributed by atoms with van der Waals surface area (Å²) in [6, 6.07) is 10.1. The Kier molecular flexibility index (Phi) is 4.01. The molecule has 0 aliphatic carbocycles. The minimum absolute atomic E-state index is 0.00267. The number of nitrogens with zero attached hydrogens (tertiary/aromatic N) is 2. The zero-order valence-electron chi connectivity index (χ0n) is 12.6. The van der Waals surface area contributed by atoms with E-state index in [2.05, 4.69) is 0 Å². The van der Waals surface area contributed by atoms with Crippen molar-refractivity contribution in [2.75, 3.05) is 13.7 Å². The lowest BCUT2D eigenvalue weighted by molar-refractivity contribution is -0.402. The van der Waals surface area contributed by atoms with E-state index in [1.807, 2.05) is 24.3 Å². The fraction of sp³-hybridized carbons (Fsp3) is 0.312. The summed E-state index contributed by atoms with van der Waals surface area (Å²) in [5.74, 6) is 0.00774. The number of carbonyl (C=O) groups is 1. The first-order valence-corrected chi connectivity index (χ1v) is 7.29. The SMILES string of the molecule is COc1ccc(C2CCCN2C(=O)c2ccc([N+](=O)[O-])o2)cc1.